The van der Waals surface area contributed by atoms with E-state index in [4.69, 9.17) is 17.0 Å². The first-order valence-electron chi connectivity index (χ1n) is 10.3. The zero-order valence-corrected chi connectivity index (χ0v) is 18.6. The van der Waals surface area contributed by atoms with Crippen molar-refractivity contribution in [1.82, 2.24) is 14.9 Å². The molecule has 0 radical (unpaired) electrons. The molecule has 32 heavy (non-hydrogen) atoms. The smallest absolute Gasteiger partial charge is 0.339 e. The number of hydrogen-bond acceptors (Lipinski definition) is 4. The van der Waals surface area contributed by atoms with Gasteiger partial charge in [-0.3, -0.25) is 0 Å². The van der Waals surface area contributed by atoms with Crippen molar-refractivity contribution >= 4 is 40.0 Å². The monoisotopic (exact) mass is 444 g/mol. The van der Waals surface area contributed by atoms with E-state index >= 15 is 0 Å². The van der Waals surface area contributed by atoms with Gasteiger partial charge in [0, 0.05) is 19.5 Å². The Kier molecular flexibility index (Phi) is 6.77. The highest BCUT2D eigenvalue weighted by Crippen LogP contribution is 2.18. The molecule has 0 aliphatic rings. The van der Waals surface area contributed by atoms with Gasteiger partial charge in [-0.05, 0) is 42.0 Å². The number of ether oxygens (including phenoxy) is 1. The zero-order valence-electron chi connectivity index (χ0n) is 17.7. The Hall–Kier alpha value is -3.71. The number of para-hydroxylation sites is 3. The van der Waals surface area contributed by atoms with Crippen LogP contribution in [0.4, 0.5) is 5.69 Å². The molecule has 3 aromatic carbocycles. The Labute approximate surface area is 192 Å². The van der Waals surface area contributed by atoms with Gasteiger partial charge in [0.25, 0.3) is 0 Å². The van der Waals surface area contributed by atoms with Crippen LogP contribution in [-0.2, 0) is 17.7 Å². The molecule has 0 spiro atoms. The van der Waals surface area contributed by atoms with Gasteiger partial charge in [-0.2, -0.15) is 0 Å². The van der Waals surface area contributed by atoms with Gasteiger partial charge in [0.1, 0.15) is 5.82 Å². The van der Waals surface area contributed by atoms with Gasteiger partial charge in [0.15, 0.2) is 5.11 Å². The van der Waals surface area contributed by atoms with Crippen LogP contribution in [0.2, 0.25) is 0 Å². The summed E-state index contributed by atoms with van der Waals surface area (Å²) in [4.78, 5) is 22.3. The molecular formula is C25H24N4O2S. The molecular weight excluding hydrogens is 420 g/mol. The van der Waals surface area contributed by atoms with E-state index in [1.807, 2.05) is 54.6 Å². The first-order chi connectivity index (χ1) is 15.6. The highest BCUT2D eigenvalue weighted by Gasteiger charge is 2.16. The summed E-state index contributed by atoms with van der Waals surface area (Å²) in [7, 11) is 1.37. The number of methoxy groups -OCH3 is 1. The van der Waals surface area contributed by atoms with E-state index in [-0.39, 0.29) is 0 Å². The second-order valence-electron chi connectivity index (χ2n) is 7.33. The Morgan fingerprint density at radius 1 is 1.03 bits per heavy atom. The number of anilines is 1. The molecule has 0 bridgehead atoms. The molecule has 0 saturated heterocycles. The number of esters is 1. The van der Waals surface area contributed by atoms with Crippen LogP contribution in [0.3, 0.4) is 0 Å². The Bertz CT molecular complexity index is 1190. The molecule has 0 fully saturated rings. The van der Waals surface area contributed by atoms with Crippen LogP contribution in [-0.4, -0.2) is 39.6 Å². The van der Waals surface area contributed by atoms with E-state index in [1.165, 1.54) is 7.11 Å². The highest BCUT2D eigenvalue weighted by molar-refractivity contribution is 7.80. The van der Waals surface area contributed by atoms with E-state index < -0.39 is 5.97 Å². The van der Waals surface area contributed by atoms with Crippen LogP contribution in [0.5, 0.6) is 0 Å². The van der Waals surface area contributed by atoms with Crippen molar-refractivity contribution in [2.24, 2.45) is 0 Å². The molecule has 0 amide bonds. The zero-order chi connectivity index (χ0) is 22.3. The Balaban J connectivity index is 1.53. The number of nitrogens with zero attached hydrogens (tertiary/aromatic N) is 2. The van der Waals surface area contributed by atoms with Crippen molar-refractivity contribution in [2.75, 3.05) is 19.0 Å². The number of thiocarbonyl (C=S) groups is 1. The van der Waals surface area contributed by atoms with Gasteiger partial charge < -0.3 is 19.9 Å². The minimum absolute atomic E-state index is 0.409. The summed E-state index contributed by atoms with van der Waals surface area (Å²) in [5.41, 5.74) is 4.16. The van der Waals surface area contributed by atoms with E-state index in [2.05, 4.69) is 32.3 Å². The topological polar surface area (TPSA) is 70.2 Å². The lowest BCUT2D eigenvalue weighted by molar-refractivity contribution is 0.0602. The third-order valence-electron chi connectivity index (χ3n) is 5.13. The molecule has 0 saturated carbocycles. The third kappa shape index (κ3) is 5.12. The van der Waals surface area contributed by atoms with Gasteiger partial charge in [0.05, 0.1) is 29.4 Å². The van der Waals surface area contributed by atoms with Crippen molar-refractivity contribution in [2.45, 2.75) is 13.0 Å². The van der Waals surface area contributed by atoms with Crippen LogP contribution >= 0.6 is 12.2 Å². The fraction of sp³-hybridized carbons (Fsp3) is 0.160. The molecule has 1 heterocycles. The first kappa shape index (κ1) is 21.5. The summed E-state index contributed by atoms with van der Waals surface area (Å²) in [6.07, 6.45) is 0.696. The quantitative estimate of drug-likeness (QED) is 0.315. The fourth-order valence-corrected chi connectivity index (χ4v) is 3.76. The summed E-state index contributed by atoms with van der Waals surface area (Å²) in [6.45, 7) is 1.29. The molecule has 1 aromatic heterocycles. The maximum atomic E-state index is 12.1. The molecule has 4 rings (SSSR count). The summed E-state index contributed by atoms with van der Waals surface area (Å²) in [6, 6.07) is 25.3. The molecule has 2 N–H and O–H groups in total. The minimum atomic E-state index is -0.409. The summed E-state index contributed by atoms with van der Waals surface area (Å²) >= 11 is 5.75. The molecule has 162 valence electrons. The number of aromatic amines is 1. The molecule has 6 nitrogen and oxygen atoms in total. The molecule has 0 unspecified atom stereocenters. The van der Waals surface area contributed by atoms with Crippen LogP contribution in [0.15, 0.2) is 78.9 Å². The maximum Gasteiger partial charge on any atom is 0.339 e. The van der Waals surface area contributed by atoms with Gasteiger partial charge in [-0.25, -0.2) is 9.78 Å². The van der Waals surface area contributed by atoms with Gasteiger partial charge >= 0.3 is 5.97 Å². The number of benzene rings is 3. The third-order valence-corrected chi connectivity index (χ3v) is 5.49. The standard InChI is InChI=1S/C25H24N4O2S/c1-31-24(30)19-11-5-6-12-20(19)28-25(32)29(17-18-9-3-2-4-10-18)16-15-23-26-21-13-7-8-14-22(21)27-23/h2-14H,15-17H2,1H3,(H,26,27)(H,28,32). The minimum Gasteiger partial charge on any atom is -0.465 e. The van der Waals surface area contributed by atoms with Crippen LogP contribution in [0, 0.1) is 0 Å². The van der Waals surface area contributed by atoms with Crippen LogP contribution in [0.25, 0.3) is 11.0 Å². The predicted molar refractivity (Wildman–Crippen MR) is 131 cm³/mol. The largest absolute Gasteiger partial charge is 0.465 e. The second kappa shape index (κ2) is 10.1. The van der Waals surface area contributed by atoms with Crippen molar-refractivity contribution in [3.8, 4) is 0 Å². The van der Waals surface area contributed by atoms with Crippen LogP contribution < -0.4 is 5.32 Å². The number of rotatable bonds is 7. The van der Waals surface area contributed by atoms with E-state index in [1.54, 1.807) is 12.1 Å². The lowest BCUT2D eigenvalue weighted by atomic mass is 10.2. The number of imidazole rings is 1. The lowest BCUT2D eigenvalue weighted by Crippen LogP contribution is -2.36. The van der Waals surface area contributed by atoms with Crippen molar-refractivity contribution in [3.63, 3.8) is 0 Å². The summed E-state index contributed by atoms with van der Waals surface area (Å²) in [5, 5.41) is 3.76. The SMILES string of the molecule is COC(=O)c1ccccc1NC(=S)N(CCc1nc2ccccc2[nH]1)Cc1ccccc1. The molecule has 0 aliphatic carbocycles. The Morgan fingerprint density at radius 3 is 2.53 bits per heavy atom. The maximum absolute atomic E-state index is 12.1. The van der Waals surface area contributed by atoms with Gasteiger partial charge in [0.2, 0.25) is 0 Å². The van der Waals surface area contributed by atoms with Crippen LogP contribution in [0.1, 0.15) is 21.7 Å². The number of carbonyl (C=O) groups is 1. The average molecular weight is 445 g/mol. The number of carbonyl (C=O) groups excluding carboxylic acids is 1. The summed E-state index contributed by atoms with van der Waals surface area (Å²) in [5.74, 6) is 0.495. The molecule has 4 aromatic rings. The number of fused-ring (bicyclic) bond motifs is 1. The fourth-order valence-electron chi connectivity index (χ4n) is 3.50. The number of nitrogens with one attached hydrogen (secondary N) is 2. The van der Waals surface area contributed by atoms with Crippen molar-refractivity contribution in [3.05, 3.63) is 95.8 Å². The van der Waals surface area contributed by atoms with Crippen molar-refractivity contribution in [1.29, 1.82) is 0 Å². The number of H-pyrrole nitrogens is 1. The van der Waals surface area contributed by atoms with E-state index in [0.29, 0.717) is 35.9 Å². The molecule has 0 aliphatic heterocycles. The second-order valence-corrected chi connectivity index (χ2v) is 7.71. The number of hydrogen-bond donors (Lipinski definition) is 2. The number of aromatic nitrogens is 2. The average Bonchev–Trinajstić information content (AvgIpc) is 3.25. The van der Waals surface area contributed by atoms with E-state index in [9.17, 15) is 4.79 Å². The normalized spacial score (nSPS) is 10.7. The first-order valence-corrected chi connectivity index (χ1v) is 10.8. The van der Waals surface area contributed by atoms with Crippen molar-refractivity contribution < 1.29 is 9.53 Å². The summed E-state index contributed by atoms with van der Waals surface area (Å²) < 4.78 is 4.90. The Morgan fingerprint density at radius 2 is 1.75 bits per heavy atom. The molecule has 7 heteroatoms. The predicted octanol–water partition coefficient (Wildman–Crippen LogP) is 4.79. The van der Waals surface area contributed by atoms with E-state index in [0.717, 1.165) is 22.4 Å². The van der Waals surface area contributed by atoms with Gasteiger partial charge in [-0.15, -0.1) is 0 Å². The highest BCUT2D eigenvalue weighted by atomic mass is 32.1. The lowest BCUT2D eigenvalue weighted by Gasteiger charge is -2.26. The molecule has 0 atom stereocenters. The van der Waals surface area contributed by atoms with Gasteiger partial charge in [-0.1, -0.05) is 54.6 Å².